The monoisotopic (exact) mass is 208 g/mol. The molecular weight excluding hydrogens is 192 g/mol. The summed E-state index contributed by atoms with van der Waals surface area (Å²) < 4.78 is 5.30. The number of carbonyl (C=O) groups is 1. The lowest BCUT2D eigenvalue weighted by Gasteiger charge is -2.16. The predicted octanol–water partition coefficient (Wildman–Crippen LogP) is 1.01. The van der Waals surface area contributed by atoms with Gasteiger partial charge < -0.3 is 15.4 Å². The molecule has 0 aliphatic heterocycles. The fourth-order valence-corrected chi connectivity index (χ4v) is 1.21. The Morgan fingerprint density at radius 1 is 1.40 bits per heavy atom. The number of anilines is 1. The Morgan fingerprint density at radius 2 is 2.00 bits per heavy atom. The molecule has 0 saturated carbocycles. The molecule has 1 amide bonds. The first-order chi connectivity index (χ1) is 7.19. The van der Waals surface area contributed by atoms with Gasteiger partial charge in [-0.1, -0.05) is 0 Å². The SMILES string of the molecule is CCOc1ccc(N(C)C(=O)CN)cc1. The number of nitrogens with two attached hydrogens (primary N) is 1. The van der Waals surface area contributed by atoms with E-state index in [4.69, 9.17) is 10.5 Å². The van der Waals surface area contributed by atoms with Crippen molar-refractivity contribution in [3.63, 3.8) is 0 Å². The minimum absolute atomic E-state index is 0.0176. The van der Waals surface area contributed by atoms with Crippen LogP contribution in [0.3, 0.4) is 0 Å². The van der Waals surface area contributed by atoms with Crippen molar-refractivity contribution >= 4 is 11.6 Å². The van der Waals surface area contributed by atoms with Crippen LogP contribution >= 0.6 is 0 Å². The predicted molar refractivity (Wildman–Crippen MR) is 60.1 cm³/mol. The number of amides is 1. The molecule has 0 radical (unpaired) electrons. The molecule has 0 heterocycles. The second-order valence-corrected chi connectivity index (χ2v) is 3.08. The maximum absolute atomic E-state index is 11.3. The van der Waals surface area contributed by atoms with E-state index in [1.165, 1.54) is 4.90 Å². The van der Waals surface area contributed by atoms with Gasteiger partial charge in [0, 0.05) is 12.7 Å². The van der Waals surface area contributed by atoms with Crippen LogP contribution in [0.25, 0.3) is 0 Å². The zero-order valence-electron chi connectivity index (χ0n) is 9.06. The van der Waals surface area contributed by atoms with Crippen LogP contribution in [0.15, 0.2) is 24.3 Å². The summed E-state index contributed by atoms with van der Waals surface area (Å²) in [4.78, 5) is 12.8. The molecule has 0 aromatic heterocycles. The minimum Gasteiger partial charge on any atom is -0.494 e. The van der Waals surface area contributed by atoms with Crippen LogP contribution in [-0.4, -0.2) is 26.1 Å². The van der Waals surface area contributed by atoms with Crippen molar-refractivity contribution in [3.8, 4) is 5.75 Å². The maximum Gasteiger partial charge on any atom is 0.240 e. The summed E-state index contributed by atoms with van der Waals surface area (Å²) in [6.07, 6.45) is 0. The highest BCUT2D eigenvalue weighted by atomic mass is 16.5. The van der Waals surface area contributed by atoms with E-state index in [9.17, 15) is 4.79 Å². The van der Waals surface area contributed by atoms with Gasteiger partial charge in [-0.2, -0.15) is 0 Å². The van der Waals surface area contributed by atoms with Crippen molar-refractivity contribution < 1.29 is 9.53 Å². The van der Waals surface area contributed by atoms with E-state index in [0.717, 1.165) is 11.4 Å². The first-order valence-electron chi connectivity index (χ1n) is 4.88. The number of likely N-dealkylation sites (N-methyl/N-ethyl adjacent to an activating group) is 1. The van der Waals surface area contributed by atoms with Gasteiger partial charge in [0.2, 0.25) is 5.91 Å². The highest BCUT2D eigenvalue weighted by Crippen LogP contribution is 2.18. The normalized spacial score (nSPS) is 9.80. The Morgan fingerprint density at radius 3 is 2.47 bits per heavy atom. The Kier molecular flexibility index (Phi) is 4.12. The van der Waals surface area contributed by atoms with Gasteiger partial charge >= 0.3 is 0 Å². The average Bonchev–Trinajstić information content (AvgIpc) is 2.28. The van der Waals surface area contributed by atoms with E-state index in [1.54, 1.807) is 7.05 Å². The lowest BCUT2D eigenvalue weighted by Crippen LogP contribution is -2.32. The van der Waals surface area contributed by atoms with Crippen molar-refractivity contribution in [2.24, 2.45) is 5.73 Å². The van der Waals surface area contributed by atoms with E-state index in [2.05, 4.69) is 0 Å². The molecule has 0 bridgehead atoms. The van der Waals surface area contributed by atoms with Crippen molar-refractivity contribution in [1.82, 2.24) is 0 Å². The molecule has 2 N–H and O–H groups in total. The summed E-state index contributed by atoms with van der Waals surface area (Å²) in [6.45, 7) is 2.58. The van der Waals surface area contributed by atoms with E-state index in [-0.39, 0.29) is 12.5 Å². The molecule has 0 aliphatic rings. The summed E-state index contributed by atoms with van der Waals surface area (Å²) in [7, 11) is 1.70. The van der Waals surface area contributed by atoms with Crippen LogP contribution in [0.5, 0.6) is 5.75 Å². The van der Waals surface area contributed by atoms with E-state index < -0.39 is 0 Å². The Hall–Kier alpha value is -1.55. The quantitative estimate of drug-likeness (QED) is 0.803. The molecule has 0 unspecified atom stereocenters. The lowest BCUT2D eigenvalue weighted by atomic mass is 10.3. The molecule has 4 heteroatoms. The fraction of sp³-hybridized carbons (Fsp3) is 0.364. The highest BCUT2D eigenvalue weighted by Gasteiger charge is 2.07. The summed E-state index contributed by atoms with van der Waals surface area (Å²) in [5.41, 5.74) is 6.09. The summed E-state index contributed by atoms with van der Waals surface area (Å²) in [5, 5.41) is 0. The third kappa shape index (κ3) is 2.95. The van der Waals surface area contributed by atoms with Gasteiger partial charge in [0.1, 0.15) is 5.75 Å². The molecule has 15 heavy (non-hydrogen) atoms. The number of benzene rings is 1. The minimum atomic E-state index is -0.112. The van der Waals surface area contributed by atoms with Crippen LogP contribution in [-0.2, 0) is 4.79 Å². The van der Waals surface area contributed by atoms with Crippen molar-refractivity contribution in [3.05, 3.63) is 24.3 Å². The highest BCUT2D eigenvalue weighted by molar-refractivity contribution is 5.94. The standard InChI is InChI=1S/C11H16N2O2/c1-3-15-10-6-4-9(5-7-10)13(2)11(14)8-12/h4-7H,3,8,12H2,1-2H3. The number of nitrogens with zero attached hydrogens (tertiary/aromatic N) is 1. The van der Waals surface area contributed by atoms with Crippen molar-refractivity contribution in [2.45, 2.75) is 6.92 Å². The molecular formula is C11H16N2O2. The van der Waals surface area contributed by atoms with Crippen LogP contribution < -0.4 is 15.4 Å². The first-order valence-corrected chi connectivity index (χ1v) is 4.88. The molecule has 0 aliphatic carbocycles. The molecule has 1 aromatic carbocycles. The third-order valence-corrected chi connectivity index (χ3v) is 2.08. The smallest absolute Gasteiger partial charge is 0.240 e. The van der Waals surface area contributed by atoms with Crippen LogP contribution in [0.4, 0.5) is 5.69 Å². The molecule has 0 spiro atoms. The molecule has 0 atom stereocenters. The molecule has 4 nitrogen and oxygen atoms in total. The second-order valence-electron chi connectivity index (χ2n) is 3.08. The number of hydrogen-bond donors (Lipinski definition) is 1. The van der Waals surface area contributed by atoms with Crippen LogP contribution in [0.1, 0.15) is 6.92 Å². The second kappa shape index (κ2) is 5.36. The number of hydrogen-bond acceptors (Lipinski definition) is 3. The lowest BCUT2D eigenvalue weighted by molar-refractivity contribution is -0.117. The van der Waals surface area contributed by atoms with Gasteiger partial charge in [-0.05, 0) is 31.2 Å². The van der Waals surface area contributed by atoms with Gasteiger partial charge in [-0.3, -0.25) is 4.79 Å². The number of rotatable bonds is 4. The van der Waals surface area contributed by atoms with Crippen molar-refractivity contribution in [2.75, 3.05) is 25.1 Å². The zero-order valence-corrected chi connectivity index (χ0v) is 9.06. The summed E-state index contributed by atoms with van der Waals surface area (Å²) in [5.74, 6) is 0.689. The van der Waals surface area contributed by atoms with Crippen molar-refractivity contribution in [1.29, 1.82) is 0 Å². The molecule has 1 rings (SSSR count). The number of carbonyl (C=O) groups excluding carboxylic acids is 1. The maximum atomic E-state index is 11.3. The molecule has 0 fully saturated rings. The van der Waals surface area contributed by atoms with E-state index in [0.29, 0.717) is 6.61 Å². The van der Waals surface area contributed by atoms with Gasteiger partial charge in [-0.25, -0.2) is 0 Å². The van der Waals surface area contributed by atoms with Crippen LogP contribution in [0, 0.1) is 0 Å². The van der Waals surface area contributed by atoms with E-state index >= 15 is 0 Å². The summed E-state index contributed by atoms with van der Waals surface area (Å²) >= 11 is 0. The van der Waals surface area contributed by atoms with Gasteiger partial charge in [-0.15, -0.1) is 0 Å². The largest absolute Gasteiger partial charge is 0.494 e. The molecule has 1 aromatic rings. The molecule has 82 valence electrons. The third-order valence-electron chi connectivity index (χ3n) is 2.08. The van der Waals surface area contributed by atoms with E-state index in [1.807, 2.05) is 31.2 Å². The zero-order chi connectivity index (χ0) is 11.3. The Balaban J connectivity index is 2.75. The van der Waals surface area contributed by atoms with Gasteiger partial charge in [0.25, 0.3) is 0 Å². The molecule has 0 saturated heterocycles. The Bertz CT molecular complexity index is 322. The fourth-order valence-electron chi connectivity index (χ4n) is 1.21. The topological polar surface area (TPSA) is 55.6 Å². The van der Waals surface area contributed by atoms with Gasteiger partial charge in [0.15, 0.2) is 0 Å². The Labute approximate surface area is 89.6 Å². The number of ether oxygens (including phenoxy) is 1. The van der Waals surface area contributed by atoms with Crippen LogP contribution in [0.2, 0.25) is 0 Å². The summed E-state index contributed by atoms with van der Waals surface area (Å²) in [6, 6.07) is 7.33. The van der Waals surface area contributed by atoms with Gasteiger partial charge in [0.05, 0.1) is 13.2 Å². The average molecular weight is 208 g/mol. The first kappa shape index (κ1) is 11.5.